The summed E-state index contributed by atoms with van der Waals surface area (Å²) in [5.41, 5.74) is 0.972. The number of carbonyl (C=O) groups is 1. The first-order chi connectivity index (χ1) is 9.65. The van der Waals surface area contributed by atoms with E-state index in [2.05, 4.69) is 0 Å². The highest BCUT2D eigenvalue weighted by Gasteiger charge is 2.16. The van der Waals surface area contributed by atoms with E-state index in [-0.39, 0.29) is 11.7 Å². The minimum absolute atomic E-state index is 0.194. The zero-order valence-corrected chi connectivity index (χ0v) is 12.3. The smallest absolute Gasteiger partial charge is 0.222 e. The van der Waals surface area contributed by atoms with Crippen LogP contribution in [0.5, 0.6) is 0 Å². The summed E-state index contributed by atoms with van der Waals surface area (Å²) >= 11 is 0. The number of rotatable bonds is 5. The van der Waals surface area contributed by atoms with Crippen LogP contribution in [0, 0.1) is 11.7 Å². The van der Waals surface area contributed by atoms with Gasteiger partial charge in [0.15, 0.2) is 0 Å². The molecule has 0 heterocycles. The molecule has 0 spiro atoms. The normalized spacial score (nSPS) is 16.1. The average molecular weight is 277 g/mol. The molecule has 0 aromatic heterocycles. The standard InChI is InChI=1S/C17H24FNO/c1-19(13-15-7-10-16(18)11-8-15)17(20)12-9-14-5-3-2-4-6-14/h7-8,10-11,14H,2-6,9,12-13H2,1H3. The van der Waals surface area contributed by atoms with E-state index in [4.69, 9.17) is 0 Å². The van der Waals surface area contributed by atoms with Gasteiger partial charge in [0.25, 0.3) is 0 Å². The van der Waals surface area contributed by atoms with Crippen LogP contribution in [0.25, 0.3) is 0 Å². The van der Waals surface area contributed by atoms with Gasteiger partial charge in [0.05, 0.1) is 0 Å². The van der Waals surface area contributed by atoms with Crippen LogP contribution in [-0.2, 0) is 11.3 Å². The highest BCUT2D eigenvalue weighted by atomic mass is 19.1. The molecule has 3 heteroatoms. The molecule has 110 valence electrons. The second-order valence-corrected chi connectivity index (χ2v) is 5.92. The molecular weight excluding hydrogens is 253 g/mol. The van der Waals surface area contributed by atoms with E-state index in [0.29, 0.717) is 13.0 Å². The Morgan fingerprint density at radius 1 is 1.20 bits per heavy atom. The molecule has 1 aromatic rings. The molecule has 20 heavy (non-hydrogen) atoms. The van der Waals surface area contributed by atoms with Gasteiger partial charge >= 0.3 is 0 Å². The van der Waals surface area contributed by atoms with Crippen molar-refractivity contribution in [2.75, 3.05) is 7.05 Å². The molecule has 0 atom stereocenters. The van der Waals surface area contributed by atoms with Gasteiger partial charge in [-0.2, -0.15) is 0 Å². The maximum absolute atomic E-state index is 12.8. The van der Waals surface area contributed by atoms with Crippen molar-refractivity contribution < 1.29 is 9.18 Å². The van der Waals surface area contributed by atoms with Gasteiger partial charge in [-0.3, -0.25) is 4.79 Å². The zero-order valence-electron chi connectivity index (χ0n) is 12.3. The van der Waals surface area contributed by atoms with Crippen LogP contribution < -0.4 is 0 Å². The van der Waals surface area contributed by atoms with Crippen LogP contribution >= 0.6 is 0 Å². The van der Waals surface area contributed by atoms with Crippen LogP contribution in [0.3, 0.4) is 0 Å². The maximum atomic E-state index is 12.8. The Balaban J connectivity index is 1.75. The molecule has 0 N–H and O–H groups in total. The Morgan fingerprint density at radius 3 is 2.50 bits per heavy atom. The largest absolute Gasteiger partial charge is 0.341 e. The Hall–Kier alpha value is -1.38. The molecular formula is C17H24FNO. The van der Waals surface area contributed by atoms with E-state index in [1.807, 2.05) is 7.05 Å². The van der Waals surface area contributed by atoms with Crippen LogP contribution in [0.1, 0.15) is 50.5 Å². The third-order valence-corrected chi connectivity index (χ3v) is 4.25. The predicted octanol–water partition coefficient (Wildman–Crippen LogP) is 4.14. The first-order valence-corrected chi connectivity index (χ1v) is 7.63. The fourth-order valence-corrected chi connectivity index (χ4v) is 2.95. The molecule has 0 bridgehead atoms. The van der Waals surface area contributed by atoms with E-state index >= 15 is 0 Å². The molecule has 0 unspecified atom stereocenters. The van der Waals surface area contributed by atoms with Crippen molar-refractivity contribution in [1.29, 1.82) is 0 Å². The molecule has 1 saturated carbocycles. The molecule has 2 nitrogen and oxygen atoms in total. The molecule has 0 saturated heterocycles. The topological polar surface area (TPSA) is 20.3 Å². The van der Waals surface area contributed by atoms with Gasteiger partial charge < -0.3 is 4.90 Å². The summed E-state index contributed by atoms with van der Waals surface area (Å²) in [6, 6.07) is 6.35. The maximum Gasteiger partial charge on any atom is 0.222 e. The quantitative estimate of drug-likeness (QED) is 0.792. The number of hydrogen-bond donors (Lipinski definition) is 0. The van der Waals surface area contributed by atoms with Gasteiger partial charge in [-0.15, -0.1) is 0 Å². The van der Waals surface area contributed by atoms with Crippen molar-refractivity contribution in [2.45, 2.75) is 51.5 Å². The molecule has 1 amide bonds. The van der Waals surface area contributed by atoms with Crippen molar-refractivity contribution in [2.24, 2.45) is 5.92 Å². The highest BCUT2D eigenvalue weighted by molar-refractivity contribution is 5.75. The lowest BCUT2D eigenvalue weighted by Crippen LogP contribution is -2.26. The monoisotopic (exact) mass is 277 g/mol. The lowest BCUT2D eigenvalue weighted by atomic mass is 9.86. The average Bonchev–Trinajstić information content (AvgIpc) is 2.48. The number of hydrogen-bond acceptors (Lipinski definition) is 1. The molecule has 0 radical (unpaired) electrons. The molecule has 1 aromatic carbocycles. The molecule has 0 aliphatic heterocycles. The van der Waals surface area contributed by atoms with Gasteiger partial charge in [-0.1, -0.05) is 44.2 Å². The minimum atomic E-state index is -0.236. The van der Waals surface area contributed by atoms with Crippen molar-refractivity contribution in [3.8, 4) is 0 Å². The van der Waals surface area contributed by atoms with Crippen molar-refractivity contribution >= 4 is 5.91 Å². The lowest BCUT2D eigenvalue weighted by molar-refractivity contribution is -0.130. The van der Waals surface area contributed by atoms with E-state index < -0.39 is 0 Å². The van der Waals surface area contributed by atoms with E-state index in [1.54, 1.807) is 17.0 Å². The van der Waals surface area contributed by atoms with Gasteiger partial charge in [0.1, 0.15) is 5.82 Å². The summed E-state index contributed by atoms with van der Waals surface area (Å²) in [7, 11) is 1.83. The van der Waals surface area contributed by atoms with Gasteiger partial charge in [-0.05, 0) is 30.0 Å². The summed E-state index contributed by atoms with van der Waals surface area (Å²) < 4.78 is 12.8. The number of nitrogens with zero attached hydrogens (tertiary/aromatic N) is 1. The number of halogens is 1. The van der Waals surface area contributed by atoms with E-state index in [0.717, 1.165) is 17.9 Å². The fourth-order valence-electron chi connectivity index (χ4n) is 2.95. The summed E-state index contributed by atoms with van der Waals surface area (Å²) in [5.74, 6) is 0.701. The fraction of sp³-hybridized carbons (Fsp3) is 0.588. The van der Waals surface area contributed by atoms with Crippen LogP contribution in [0.15, 0.2) is 24.3 Å². The van der Waals surface area contributed by atoms with Crippen molar-refractivity contribution in [3.05, 3.63) is 35.6 Å². The van der Waals surface area contributed by atoms with Gasteiger partial charge in [0, 0.05) is 20.0 Å². The molecule has 1 aliphatic carbocycles. The summed E-state index contributed by atoms with van der Waals surface area (Å²) in [6.07, 6.45) is 8.24. The second kappa shape index (κ2) is 7.41. The third-order valence-electron chi connectivity index (χ3n) is 4.25. The SMILES string of the molecule is CN(Cc1ccc(F)cc1)C(=O)CCC1CCCCC1. The first kappa shape index (κ1) is 15.0. The number of benzene rings is 1. The van der Waals surface area contributed by atoms with Crippen molar-refractivity contribution in [1.82, 2.24) is 4.90 Å². The van der Waals surface area contributed by atoms with Crippen molar-refractivity contribution in [3.63, 3.8) is 0 Å². The third kappa shape index (κ3) is 4.62. The van der Waals surface area contributed by atoms with E-state index in [1.165, 1.54) is 44.2 Å². The lowest BCUT2D eigenvalue weighted by Gasteiger charge is -2.23. The van der Waals surface area contributed by atoms with Crippen LogP contribution in [0.4, 0.5) is 4.39 Å². The van der Waals surface area contributed by atoms with Gasteiger partial charge in [-0.25, -0.2) is 4.39 Å². The molecule has 2 rings (SSSR count). The number of carbonyl (C=O) groups excluding carboxylic acids is 1. The summed E-state index contributed by atoms with van der Waals surface area (Å²) in [6.45, 7) is 0.559. The van der Waals surface area contributed by atoms with Gasteiger partial charge in [0.2, 0.25) is 5.91 Å². The predicted molar refractivity (Wildman–Crippen MR) is 78.7 cm³/mol. The Bertz CT molecular complexity index is 423. The number of amides is 1. The molecule has 1 fully saturated rings. The first-order valence-electron chi connectivity index (χ1n) is 7.63. The van der Waals surface area contributed by atoms with Crippen LogP contribution in [0.2, 0.25) is 0 Å². The highest BCUT2D eigenvalue weighted by Crippen LogP contribution is 2.27. The summed E-state index contributed by atoms with van der Waals surface area (Å²) in [4.78, 5) is 13.9. The molecule has 1 aliphatic rings. The Labute approximate surface area is 121 Å². The summed E-state index contributed by atoms with van der Waals surface area (Å²) in [5, 5.41) is 0. The second-order valence-electron chi connectivity index (χ2n) is 5.92. The van der Waals surface area contributed by atoms with E-state index in [9.17, 15) is 9.18 Å². The Kier molecular flexibility index (Phi) is 5.57. The Morgan fingerprint density at radius 2 is 1.85 bits per heavy atom. The zero-order chi connectivity index (χ0) is 14.4. The minimum Gasteiger partial charge on any atom is -0.341 e. The van der Waals surface area contributed by atoms with Crippen LogP contribution in [-0.4, -0.2) is 17.9 Å².